The highest BCUT2D eigenvalue weighted by atomic mass is 35.5. The zero-order valence-corrected chi connectivity index (χ0v) is 12.3. The molecule has 0 spiro atoms. The number of hydrogen-bond acceptors (Lipinski definition) is 6. The minimum atomic E-state index is -1.23. The maximum absolute atomic E-state index is 12.0. The molecule has 1 aliphatic heterocycles. The Hall–Kier alpha value is -2.49. The Kier molecular flexibility index (Phi) is 4.71. The van der Waals surface area contributed by atoms with Gasteiger partial charge in [-0.2, -0.15) is 5.21 Å². The summed E-state index contributed by atoms with van der Waals surface area (Å²) in [5.41, 5.74) is 0.225. The standard InChI is InChI=1S/C11H13ClN6O4/c1-5(3-12)9(11(21)22)18-4-6(10(18)20)13-8(19)2-7-14-16-17-15-7/h6H,2-4H2,1H3,(H,13,19)(H,21,22)(H,14,15,16,17). The molecule has 1 aromatic heterocycles. The van der Waals surface area contributed by atoms with E-state index in [1.54, 1.807) is 0 Å². The first-order valence-electron chi connectivity index (χ1n) is 6.26. The van der Waals surface area contributed by atoms with Crippen molar-refractivity contribution >= 4 is 29.4 Å². The summed E-state index contributed by atoms with van der Waals surface area (Å²) in [5, 5.41) is 24.4. The molecular formula is C11H13ClN6O4. The molecule has 0 bridgehead atoms. The number of aromatic amines is 1. The highest BCUT2D eigenvalue weighted by Crippen LogP contribution is 2.21. The van der Waals surface area contributed by atoms with Crippen LogP contribution in [0.15, 0.2) is 11.3 Å². The van der Waals surface area contributed by atoms with Crippen molar-refractivity contribution in [1.82, 2.24) is 30.8 Å². The van der Waals surface area contributed by atoms with Crippen molar-refractivity contribution in [2.24, 2.45) is 0 Å². The first-order chi connectivity index (χ1) is 10.4. The fourth-order valence-electron chi connectivity index (χ4n) is 1.97. The lowest BCUT2D eigenvalue weighted by atomic mass is 10.0. The van der Waals surface area contributed by atoms with Gasteiger partial charge < -0.3 is 15.3 Å². The van der Waals surface area contributed by atoms with Gasteiger partial charge in [-0.05, 0) is 12.5 Å². The van der Waals surface area contributed by atoms with Gasteiger partial charge in [-0.25, -0.2) is 4.79 Å². The maximum Gasteiger partial charge on any atom is 0.352 e. The van der Waals surface area contributed by atoms with Crippen molar-refractivity contribution in [3.63, 3.8) is 0 Å². The molecule has 0 saturated carbocycles. The Morgan fingerprint density at radius 1 is 1.55 bits per heavy atom. The third kappa shape index (κ3) is 3.22. The summed E-state index contributed by atoms with van der Waals surface area (Å²) in [6.07, 6.45) is -0.122. The van der Waals surface area contributed by atoms with Gasteiger partial charge in [0, 0.05) is 5.88 Å². The lowest BCUT2D eigenvalue weighted by molar-refractivity contribution is -0.148. The molecule has 2 heterocycles. The number of H-pyrrole nitrogens is 1. The Balaban J connectivity index is 1.95. The SMILES string of the molecule is CC(CCl)=C(C(=O)O)N1CC(NC(=O)Cc2nn[nH]n2)C1=O. The molecule has 11 heteroatoms. The number of carboxylic acid groups (broad SMARTS) is 1. The molecule has 1 aromatic rings. The molecule has 1 atom stereocenters. The summed E-state index contributed by atoms with van der Waals surface area (Å²) in [6.45, 7) is 1.61. The lowest BCUT2D eigenvalue weighted by Crippen LogP contribution is -2.64. The molecule has 2 rings (SSSR count). The molecule has 22 heavy (non-hydrogen) atoms. The minimum absolute atomic E-state index is 0.000265. The van der Waals surface area contributed by atoms with Crippen LogP contribution in [0.25, 0.3) is 0 Å². The van der Waals surface area contributed by atoms with Gasteiger partial charge in [-0.3, -0.25) is 9.59 Å². The van der Waals surface area contributed by atoms with Crippen LogP contribution < -0.4 is 5.32 Å². The Morgan fingerprint density at radius 2 is 2.27 bits per heavy atom. The fraction of sp³-hybridized carbons (Fsp3) is 0.455. The van der Waals surface area contributed by atoms with Crippen molar-refractivity contribution in [3.8, 4) is 0 Å². The minimum Gasteiger partial charge on any atom is -0.477 e. The molecule has 118 valence electrons. The number of allylic oxidation sites excluding steroid dienone is 1. The van der Waals surface area contributed by atoms with E-state index in [9.17, 15) is 14.4 Å². The van der Waals surface area contributed by atoms with Crippen molar-refractivity contribution in [2.45, 2.75) is 19.4 Å². The number of alkyl halides is 1. The van der Waals surface area contributed by atoms with Crippen LogP contribution in [-0.2, 0) is 20.8 Å². The molecule has 1 unspecified atom stereocenters. The van der Waals surface area contributed by atoms with E-state index in [0.717, 1.165) is 4.90 Å². The van der Waals surface area contributed by atoms with E-state index >= 15 is 0 Å². The quantitative estimate of drug-likeness (QED) is 0.333. The molecule has 10 nitrogen and oxygen atoms in total. The molecule has 0 aromatic carbocycles. The van der Waals surface area contributed by atoms with Crippen molar-refractivity contribution in [3.05, 3.63) is 17.1 Å². The third-order valence-corrected chi connectivity index (χ3v) is 3.45. The number of nitrogens with one attached hydrogen (secondary N) is 2. The van der Waals surface area contributed by atoms with Crippen molar-refractivity contribution < 1.29 is 19.5 Å². The zero-order chi connectivity index (χ0) is 16.3. The van der Waals surface area contributed by atoms with Crippen LogP contribution >= 0.6 is 11.6 Å². The second-order valence-electron chi connectivity index (χ2n) is 4.64. The Labute approximate surface area is 129 Å². The van der Waals surface area contributed by atoms with Gasteiger partial charge >= 0.3 is 5.97 Å². The van der Waals surface area contributed by atoms with Crippen LogP contribution in [0.3, 0.4) is 0 Å². The topological polar surface area (TPSA) is 141 Å². The van der Waals surface area contributed by atoms with Crippen molar-refractivity contribution in [1.29, 1.82) is 0 Å². The number of likely N-dealkylation sites (tertiary alicyclic amines) is 1. The summed E-state index contributed by atoms with van der Waals surface area (Å²) in [6, 6.07) is -0.767. The summed E-state index contributed by atoms with van der Waals surface area (Å²) < 4.78 is 0. The molecule has 1 fully saturated rings. The van der Waals surface area contributed by atoms with Crippen LogP contribution in [0.5, 0.6) is 0 Å². The van der Waals surface area contributed by atoms with Gasteiger partial charge in [0.25, 0.3) is 5.91 Å². The molecule has 0 radical (unpaired) electrons. The van der Waals surface area contributed by atoms with Gasteiger partial charge in [0.1, 0.15) is 11.7 Å². The number of aliphatic carboxylic acids is 1. The Morgan fingerprint density at radius 3 is 2.77 bits per heavy atom. The number of nitrogens with zero attached hydrogens (tertiary/aromatic N) is 4. The molecule has 1 aliphatic rings. The number of carbonyl (C=O) groups excluding carboxylic acids is 2. The fourth-order valence-corrected chi connectivity index (χ4v) is 2.10. The van der Waals surface area contributed by atoms with Gasteiger partial charge in [0.05, 0.1) is 13.0 Å². The van der Waals surface area contributed by atoms with Gasteiger partial charge in [-0.1, -0.05) is 5.21 Å². The summed E-state index contributed by atoms with van der Waals surface area (Å²) in [5.74, 6) is -1.98. The number of carboxylic acids is 1. The summed E-state index contributed by atoms with van der Waals surface area (Å²) >= 11 is 5.61. The molecular weight excluding hydrogens is 316 g/mol. The summed E-state index contributed by atoms with van der Waals surface area (Å²) in [4.78, 5) is 36.0. The number of halogens is 1. The van der Waals surface area contributed by atoms with Crippen LogP contribution in [0.1, 0.15) is 12.7 Å². The van der Waals surface area contributed by atoms with E-state index in [-0.39, 0.29) is 30.4 Å². The van der Waals surface area contributed by atoms with Crippen LogP contribution in [-0.4, -0.2) is 66.9 Å². The van der Waals surface area contributed by atoms with E-state index in [4.69, 9.17) is 16.7 Å². The number of hydrogen-bond donors (Lipinski definition) is 3. The Bertz CT molecular complexity index is 629. The van der Waals surface area contributed by atoms with Crippen LogP contribution in [0.4, 0.5) is 0 Å². The van der Waals surface area contributed by atoms with E-state index in [1.165, 1.54) is 6.92 Å². The van der Waals surface area contributed by atoms with Gasteiger partial charge in [-0.15, -0.1) is 21.8 Å². The number of β-lactam (4-membered cyclic amide) rings is 1. The summed E-state index contributed by atoms with van der Waals surface area (Å²) in [7, 11) is 0. The van der Waals surface area contributed by atoms with Crippen molar-refractivity contribution in [2.75, 3.05) is 12.4 Å². The predicted molar refractivity (Wildman–Crippen MR) is 72.6 cm³/mol. The number of carbonyl (C=O) groups is 3. The van der Waals surface area contributed by atoms with E-state index in [2.05, 4.69) is 25.9 Å². The molecule has 0 aliphatic carbocycles. The van der Waals surface area contributed by atoms with Gasteiger partial charge in [0.2, 0.25) is 5.91 Å². The maximum atomic E-state index is 12.0. The monoisotopic (exact) mass is 328 g/mol. The number of tetrazole rings is 1. The normalized spacial score (nSPS) is 18.5. The van der Waals surface area contributed by atoms with Crippen LogP contribution in [0.2, 0.25) is 0 Å². The zero-order valence-electron chi connectivity index (χ0n) is 11.5. The third-order valence-electron chi connectivity index (χ3n) is 3.05. The average Bonchev–Trinajstić information content (AvgIpc) is 2.97. The van der Waals surface area contributed by atoms with Gasteiger partial charge in [0.15, 0.2) is 5.82 Å². The first kappa shape index (κ1) is 15.9. The van der Waals surface area contributed by atoms with Crippen LogP contribution in [0, 0.1) is 0 Å². The highest BCUT2D eigenvalue weighted by Gasteiger charge is 2.42. The molecule has 1 saturated heterocycles. The first-order valence-corrected chi connectivity index (χ1v) is 6.79. The van der Waals surface area contributed by atoms with E-state index in [0.29, 0.717) is 5.57 Å². The number of amides is 2. The second kappa shape index (κ2) is 6.52. The lowest BCUT2D eigenvalue weighted by Gasteiger charge is -2.39. The number of rotatable bonds is 6. The highest BCUT2D eigenvalue weighted by molar-refractivity contribution is 6.20. The number of aromatic nitrogens is 4. The van der Waals surface area contributed by atoms with E-state index in [1.807, 2.05) is 0 Å². The predicted octanol–water partition coefficient (Wildman–Crippen LogP) is -1.33. The average molecular weight is 329 g/mol. The molecule has 3 N–H and O–H groups in total. The van der Waals surface area contributed by atoms with E-state index < -0.39 is 23.8 Å². The molecule has 2 amide bonds. The second-order valence-corrected chi connectivity index (χ2v) is 4.91. The largest absolute Gasteiger partial charge is 0.477 e. The smallest absolute Gasteiger partial charge is 0.352 e.